The second-order valence-electron chi connectivity index (χ2n) is 9.09. The van der Waals surface area contributed by atoms with E-state index in [4.69, 9.17) is 0 Å². The predicted molar refractivity (Wildman–Crippen MR) is 112 cm³/mol. The lowest BCUT2D eigenvalue weighted by molar-refractivity contribution is -0.125. The van der Waals surface area contributed by atoms with Crippen LogP contribution in [0.2, 0.25) is 0 Å². The van der Waals surface area contributed by atoms with Crippen molar-refractivity contribution in [1.82, 2.24) is 20.5 Å². The van der Waals surface area contributed by atoms with Crippen LogP contribution in [0, 0.1) is 11.8 Å². The maximum atomic E-state index is 12.5. The Morgan fingerprint density at radius 3 is 2.41 bits per heavy atom. The van der Waals surface area contributed by atoms with E-state index in [1.807, 2.05) is 12.1 Å². The third kappa shape index (κ3) is 5.78. The maximum Gasteiger partial charge on any atom is 0.223 e. The number of nitrogens with zero attached hydrogens (tertiary/aromatic N) is 2. The first-order chi connectivity index (χ1) is 14.2. The fraction of sp³-hybridized carbons (Fsp3) is 0.696. The minimum Gasteiger partial charge on any atom is -0.354 e. The summed E-state index contributed by atoms with van der Waals surface area (Å²) >= 11 is 0. The van der Waals surface area contributed by atoms with Gasteiger partial charge < -0.3 is 10.6 Å². The normalized spacial score (nSPS) is 25.2. The molecule has 3 fully saturated rings. The second kappa shape index (κ2) is 9.70. The van der Waals surface area contributed by atoms with Crippen molar-refractivity contribution in [2.45, 2.75) is 76.4 Å². The first-order valence-electron chi connectivity index (χ1n) is 11.4. The molecule has 3 aliphatic rings. The Bertz CT molecular complexity index is 685. The highest BCUT2D eigenvalue weighted by molar-refractivity contribution is 5.79. The number of hydrogen-bond acceptors (Lipinski definition) is 4. The third-order valence-corrected chi connectivity index (χ3v) is 6.84. The smallest absolute Gasteiger partial charge is 0.223 e. The number of hydrogen-bond donors (Lipinski definition) is 2. The van der Waals surface area contributed by atoms with Crippen molar-refractivity contribution in [2.24, 2.45) is 11.8 Å². The summed E-state index contributed by atoms with van der Waals surface area (Å²) in [6.07, 6.45) is 13.2. The van der Waals surface area contributed by atoms with Crippen molar-refractivity contribution < 1.29 is 9.59 Å². The molecule has 2 saturated carbocycles. The lowest BCUT2D eigenvalue weighted by atomic mass is 10.1. The molecule has 0 radical (unpaired) electrons. The monoisotopic (exact) mass is 398 g/mol. The number of aromatic nitrogens is 1. The van der Waals surface area contributed by atoms with Crippen molar-refractivity contribution in [1.29, 1.82) is 0 Å². The average Bonchev–Trinajstić information content (AvgIpc) is 3.23. The highest BCUT2D eigenvalue weighted by Crippen LogP contribution is 2.35. The molecule has 6 nitrogen and oxygen atoms in total. The summed E-state index contributed by atoms with van der Waals surface area (Å²) in [5.74, 6) is 1.36. The third-order valence-electron chi connectivity index (χ3n) is 6.84. The van der Waals surface area contributed by atoms with E-state index < -0.39 is 0 Å². The Morgan fingerprint density at radius 1 is 0.966 bits per heavy atom. The number of pyridine rings is 1. The molecule has 2 atom stereocenters. The zero-order chi connectivity index (χ0) is 20.1. The van der Waals surface area contributed by atoms with E-state index in [0.717, 1.165) is 50.3 Å². The molecule has 2 aliphatic carbocycles. The summed E-state index contributed by atoms with van der Waals surface area (Å²) in [5.41, 5.74) is 1.07. The molecule has 0 bridgehead atoms. The first-order valence-corrected chi connectivity index (χ1v) is 11.4. The van der Waals surface area contributed by atoms with Gasteiger partial charge in [0.25, 0.3) is 0 Å². The molecule has 1 saturated heterocycles. The molecule has 1 aliphatic heterocycles. The molecule has 1 aromatic rings. The van der Waals surface area contributed by atoms with Gasteiger partial charge in [-0.05, 0) is 62.1 Å². The average molecular weight is 399 g/mol. The highest BCUT2D eigenvalue weighted by Gasteiger charge is 2.38. The van der Waals surface area contributed by atoms with Gasteiger partial charge >= 0.3 is 0 Å². The Kier molecular flexibility index (Phi) is 6.80. The largest absolute Gasteiger partial charge is 0.354 e. The van der Waals surface area contributed by atoms with Crippen molar-refractivity contribution >= 4 is 11.8 Å². The van der Waals surface area contributed by atoms with Gasteiger partial charge in [0.05, 0.1) is 0 Å². The maximum absolute atomic E-state index is 12.5. The van der Waals surface area contributed by atoms with Gasteiger partial charge in [-0.15, -0.1) is 0 Å². The molecule has 29 heavy (non-hydrogen) atoms. The Balaban J connectivity index is 1.27. The summed E-state index contributed by atoms with van der Waals surface area (Å²) in [6, 6.07) is 4.52. The lowest BCUT2D eigenvalue weighted by Gasteiger charge is -2.30. The Hall–Kier alpha value is -1.95. The SMILES string of the molecule is O=C(C[C@H]1CC[C@@H](CNC(=O)C2CCCC2)N1CC1CC1)NCc1ccncc1. The summed E-state index contributed by atoms with van der Waals surface area (Å²) < 4.78 is 0. The van der Waals surface area contributed by atoms with Crippen LogP contribution in [-0.2, 0) is 16.1 Å². The van der Waals surface area contributed by atoms with Crippen LogP contribution in [0.15, 0.2) is 24.5 Å². The number of carbonyl (C=O) groups excluding carboxylic acids is 2. The molecule has 0 unspecified atom stereocenters. The van der Waals surface area contributed by atoms with Crippen LogP contribution in [0.3, 0.4) is 0 Å². The number of nitrogens with one attached hydrogen (secondary N) is 2. The van der Waals surface area contributed by atoms with Crippen molar-refractivity contribution in [3.05, 3.63) is 30.1 Å². The Labute approximate surface area is 173 Å². The van der Waals surface area contributed by atoms with E-state index in [2.05, 4.69) is 20.5 Å². The topological polar surface area (TPSA) is 74.3 Å². The van der Waals surface area contributed by atoms with Crippen LogP contribution in [0.25, 0.3) is 0 Å². The van der Waals surface area contributed by atoms with E-state index >= 15 is 0 Å². The van der Waals surface area contributed by atoms with Crippen LogP contribution in [0.5, 0.6) is 0 Å². The quantitative estimate of drug-likeness (QED) is 0.671. The molecular formula is C23H34N4O2. The minimum atomic E-state index is 0.114. The van der Waals surface area contributed by atoms with Gasteiger partial charge in [0.15, 0.2) is 0 Å². The zero-order valence-corrected chi connectivity index (χ0v) is 17.3. The molecule has 4 rings (SSSR count). The highest BCUT2D eigenvalue weighted by atomic mass is 16.2. The van der Waals surface area contributed by atoms with Gasteiger partial charge in [-0.2, -0.15) is 0 Å². The van der Waals surface area contributed by atoms with Gasteiger partial charge in [0.1, 0.15) is 0 Å². The van der Waals surface area contributed by atoms with Crippen molar-refractivity contribution in [3.63, 3.8) is 0 Å². The van der Waals surface area contributed by atoms with Gasteiger partial charge in [-0.3, -0.25) is 19.5 Å². The summed E-state index contributed by atoms with van der Waals surface area (Å²) in [5, 5.41) is 6.28. The fourth-order valence-corrected chi connectivity index (χ4v) is 4.89. The molecular weight excluding hydrogens is 364 g/mol. The number of rotatable bonds is 9. The lowest BCUT2D eigenvalue weighted by Crippen LogP contribution is -2.46. The van der Waals surface area contributed by atoms with Crippen LogP contribution in [-0.4, -0.2) is 46.9 Å². The van der Waals surface area contributed by atoms with Gasteiger partial charge in [0.2, 0.25) is 11.8 Å². The van der Waals surface area contributed by atoms with E-state index in [1.165, 1.54) is 25.7 Å². The fourth-order valence-electron chi connectivity index (χ4n) is 4.89. The van der Waals surface area contributed by atoms with Crippen molar-refractivity contribution in [2.75, 3.05) is 13.1 Å². The molecule has 158 valence electrons. The first kappa shape index (κ1) is 20.3. The summed E-state index contributed by atoms with van der Waals surface area (Å²) in [7, 11) is 0. The molecule has 2 amide bonds. The van der Waals surface area contributed by atoms with E-state index in [9.17, 15) is 9.59 Å². The number of likely N-dealkylation sites (tertiary alicyclic amines) is 1. The van der Waals surface area contributed by atoms with Gasteiger partial charge in [-0.1, -0.05) is 12.8 Å². The summed E-state index contributed by atoms with van der Waals surface area (Å²) in [4.78, 5) is 31.5. The minimum absolute atomic E-state index is 0.114. The van der Waals surface area contributed by atoms with Crippen LogP contribution >= 0.6 is 0 Å². The Morgan fingerprint density at radius 2 is 1.69 bits per heavy atom. The van der Waals surface area contributed by atoms with Gasteiger partial charge in [-0.25, -0.2) is 0 Å². The van der Waals surface area contributed by atoms with E-state index in [1.54, 1.807) is 12.4 Å². The predicted octanol–water partition coefficient (Wildman–Crippen LogP) is 2.64. The van der Waals surface area contributed by atoms with E-state index in [-0.39, 0.29) is 17.7 Å². The molecule has 2 heterocycles. The molecule has 2 N–H and O–H groups in total. The molecule has 0 aromatic carbocycles. The summed E-state index contributed by atoms with van der Waals surface area (Å²) in [6.45, 7) is 2.36. The second-order valence-corrected chi connectivity index (χ2v) is 9.09. The van der Waals surface area contributed by atoms with Gasteiger partial charge in [0, 0.05) is 56.5 Å². The molecule has 1 aromatic heterocycles. The van der Waals surface area contributed by atoms with Crippen LogP contribution in [0.1, 0.15) is 63.4 Å². The van der Waals surface area contributed by atoms with Crippen LogP contribution < -0.4 is 10.6 Å². The molecule has 6 heteroatoms. The van der Waals surface area contributed by atoms with E-state index in [0.29, 0.717) is 25.0 Å². The standard InChI is InChI=1S/C23H34N4O2/c28-22(25-14-17-9-11-24-12-10-17)13-20-7-8-21(27(20)16-18-5-6-18)15-26-23(29)19-3-1-2-4-19/h9-12,18-21H,1-8,13-16H2,(H,25,28)(H,26,29)/t20-,21+/m1/s1. The van der Waals surface area contributed by atoms with Crippen LogP contribution in [0.4, 0.5) is 0 Å². The molecule has 0 spiro atoms. The number of amides is 2. The van der Waals surface area contributed by atoms with Crippen molar-refractivity contribution in [3.8, 4) is 0 Å². The number of carbonyl (C=O) groups is 2. The zero-order valence-electron chi connectivity index (χ0n) is 17.3.